The van der Waals surface area contributed by atoms with Crippen molar-refractivity contribution in [1.82, 2.24) is 0 Å². The van der Waals surface area contributed by atoms with Crippen molar-refractivity contribution in [1.29, 1.82) is 0 Å². The highest BCUT2D eigenvalue weighted by Gasteiger charge is 2.60. The smallest absolute Gasteiger partial charge is 0.181 e. The predicted molar refractivity (Wildman–Crippen MR) is 75.0 cm³/mol. The average Bonchev–Trinajstić information content (AvgIpc) is 3.13. The van der Waals surface area contributed by atoms with Crippen molar-refractivity contribution < 1.29 is 13.2 Å². The fourth-order valence-corrected chi connectivity index (χ4v) is 4.61. The zero-order chi connectivity index (χ0) is 14.1. The zero-order valence-corrected chi connectivity index (χ0v) is 12.4. The van der Waals surface area contributed by atoms with Gasteiger partial charge in [-0.15, -0.1) is 0 Å². The molecular formula is C13H18ClNO3S. The molecule has 6 heteroatoms. The van der Waals surface area contributed by atoms with Gasteiger partial charge in [-0.25, -0.2) is 8.42 Å². The van der Waals surface area contributed by atoms with Crippen molar-refractivity contribution in [2.24, 2.45) is 11.1 Å². The van der Waals surface area contributed by atoms with E-state index < -0.39 is 20.5 Å². The van der Waals surface area contributed by atoms with Crippen LogP contribution in [0.15, 0.2) is 29.2 Å². The molecule has 2 N–H and O–H groups in total. The zero-order valence-electron chi connectivity index (χ0n) is 10.8. The van der Waals surface area contributed by atoms with Crippen LogP contribution in [-0.4, -0.2) is 33.4 Å². The van der Waals surface area contributed by atoms with E-state index in [4.69, 9.17) is 22.1 Å². The highest BCUT2D eigenvalue weighted by atomic mass is 35.5. The molecule has 0 heterocycles. The van der Waals surface area contributed by atoms with E-state index in [1.54, 1.807) is 12.1 Å². The third-order valence-electron chi connectivity index (χ3n) is 3.63. The third-order valence-corrected chi connectivity index (χ3v) is 6.23. The summed E-state index contributed by atoms with van der Waals surface area (Å²) in [6.07, 6.45) is 0.564. The Morgan fingerprint density at radius 3 is 2.58 bits per heavy atom. The van der Waals surface area contributed by atoms with Gasteiger partial charge in [-0.05, 0) is 37.6 Å². The molecule has 0 radical (unpaired) electrons. The minimum atomic E-state index is -3.35. The van der Waals surface area contributed by atoms with Gasteiger partial charge >= 0.3 is 0 Å². The Morgan fingerprint density at radius 2 is 2.05 bits per heavy atom. The van der Waals surface area contributed by atoms with E-state index in [1.807, 2.05) is 6.92 Å². The van der Waals surface area contributed by atoms with Gasteiger partial charge in [0.25, 0.3) is 0 Å². The maximum absolute atomic E-state index is 12.5. The minimum Gasteiger partial charge on any atom is -0.381 e. The monoisotopic (exact) mass is 303 g/mol. The number of rotatable bonds is 6. The highest BCUT2D eigenvalue weighted by Crippen LogP contribution is 2.52. The average molecular weight is 304 g/mol. The summed E-state index contributed by atoms with van der Waals surface area (Å²) in [6.45, 7) is 3.17. The van der Waals surface area contributed by atoms with Crippen molar-refractivity contribution in [2.75, 3.05) is 19.8 Å². The number of sulfone groups is 1. The summed E-state index contributed by atoms with van der Waals surface area (Å²) in [4.78, 5) is 0.300. The van der Waals surface area contributed by atoms with Gasteiger partial charge in [0, 0.05) is 23.6 Å². The van der Waals surface area contributed by atoms with Crippen LogP contribution in [0.3, 0.4) is 0 Å². The normalized spacial score (nSPS) is 26.4. The molecule has 1 aliphatic carbocycles. The second kappa shape index (κ2) is 5.40. The Balaban J connectivity index is 2.20. The van der Waals surface area contributed by atoms with Crippen LogP contribution >= 0.6 is 11.6 Å². The van der Waals surface area contributed by atoms with E-state index in [9.17, 15) is 8.42 Å². The summed E-state index contributed by atoms with van der Waals surface area (Å²) >= 11 is 5.77. The van der Waals surface area contributed by atoms with E-state index in [2.05, 4.69) is 0 Å². The highest BCUT2D eigenvalue weighted by molar-refractivity contribution is 7.92. The Labute approximate surface area is 118 Å². The van der Waals surface area contributed by atoms with Gasteiger partial charge in [0.1, 0.15) is 0 Å². The lowest BCUT2D eigenvalue weighted by Gasteiger charge is -2.15. The van der Waals surface area contributed by atoms with Crippen LogP contribution in [0.2, 0.25) is 5.02 Å². The molecule has 0 spiro atoms. The maximum atomic E-state index is 12.5. The van der Waals surface area contributed by atoms with Crippen LogP contribution in [0.4, 0.5) is 0 Å². The number of hydrogen-bond acceptors (Lipinski definition) is 4. The number of halogens is 1. The summed E-state index contributed by atoms with van der Waals surface area (Å²) in [5.41, 5.74) is 5.31. The molecule has 1 aromatic carbocycles. The summed E-state index contributed by atoms with van der Waals surface area (Å²) in [6, 6.07) is 6.25. The quantitative estimate of drug-likeness (QED) is 0.871. The fraction of sp³-hybridized carbons (Fsp3) is 0.538. The van der Waals surface area contributed by atoms with Crippen molar-refractivity contribution in [3.63, 3.8) is 0 Å². The lowest BCUT2D eigenvalue weighted by atomic mass is 10.1. The van der Waals surface area contributed by atoms with Crippen LogP contribution in [0.25, 0.3) is 0 Å². The van der Waals surface area contributed by atoms with Gasteiger partial charge in [-0.3, -0.25) is 0 Å². The van der Waals surface area contributed by atoms with Crippen molar-refractivity contribution in [2.45, 2.75) is 23.5 Å². The first kappa shape index (κ1) is 14.8. The molecule has 0 amide bonds. The first-order chi connectivity index (χ1) is 8.96. The molecule has 2 rings (SSSR count). The van der Waals surface area contributed by atoms with Crippen molar-refractivity contribution >= 4 is 21.4 Å². The van der Waals surface area contributed by atoms with E-state index in [0.29, 0.717) is 36.1 Å². The van der Waals surface area contributed by atoms with Crippen LogP contribution in [0.1, 0.15) is 13.3 Å². The molecule has 1 aliphatic rings. The molecule has 19 heavy (non-hydrogen) atoms. The summed E-state index contributed by atoms with van der Waals surface area (Å²) in [5.74, 6) is 0. The maximum Gasteiger partial charge on any atom is 0.181 e. The minimum absolute atomic E-state index is 0.300. The van der Waals surface area contributed by atoms with Gasteiger partial charge in [0.05, 0.1) is 16.8 Å². The van der Waals surface area contributed by atoms with Gasteiger partial charge in [-0.2, -0.15) is 0 Å². The lowest BCUT2D eigenvalue weighted by Crippen LogP contribution is -2.28. The summed E-state index contributed by atoms with van der Waals surface area (Å²) in [5, 5.41) is 0.0758. The molecule has 1 fully saturated rings. The molecule has 1 saturated carbocycles. The molecule has 0 saturated heterocycles. The molecular weight excluding hydrogens is 286 g/mol. The summed E-state index contributed by atoms with van der Waals surface area (Å²) < 4.78 is 30.3. The topological polar surface area (TPSA) is 69.4 Å². The lowest BCUT2D eigenvalue weighted by molar-refractivity contribution is 0.104. The number of nitrogens with two attached hydrogens (primary N) is 1. The Morgan fingerprint density at radius 1 is 1.42 bits per heavy atom. The van der Waals surface area contributed by atoms with Gasteiger partial charge in [-0.1, -0.05) is 11.6 Å². The Hall–Kier alpha value is -0.620. The Kier molecular flexibility index (Phi) is 4.20. The molecule has 0 bridgehead atoms. The number of benzene rings is 1. The fourth-order valence-electron chi connectivity index (χ4n) is 2.27. The van der Waals surface area contributed by atoms with Gasteiger partial charge in [0.2, 0.25) is 0 Å². The first-order valence-corrected chi connectivity index (χ1v) is 8.16. The first-order valence-electron chi connectivity index (χ1n) is 6.23. The molecule has 0 unspecified atom stereocenters. The van der Waals surface area contributed by atoms with Crippen LogP contribution in [0, 0.1) is 5.41 Å². The van der Waals surface area contributed by atoms with Crippen molar-refractivity contribution in [3.8, 4) is 0 Å². The third kappa shape index (κ3) is 2.79. The van der Waals surface area contributed by atoms with Crippen molar-refractivity contribution in [3.05, 3.63) is 29.3 Å². The van der Waals surface area contributed by atoms with E-state index in [-0.39, 0.29) is 0 Å². The van der Waals surface area contributed by atoms with Gasteiger partial charge < -0.3 is 10.5 Å². The second-order valence-corrected chi connectivity index (χ2v) is 7.46. The van der Waals surface area contributed by atoms with E-state index >= 15 is 0 Å². The molecule has 2 atom stereocenters. The Bertz CT molecular complexity index is 544. The van der Waals surface area contributed by atoms with Crippen LogP contribution in [0.5, 0.6) is 0 Å². The molecule has 0 aliphatic heterocycles. The van der Waals surface area contributed by atoms with Crippen LogP contribution in [-0.2, 0) is 14.6 Å². The number of ether oxygens (including phenoxy) is 1. The standard InChI is InChI=1S/C13H18ClNO3S/c1-2-18-9-13(8-15)7-12(13)19(16,17)11-5-3-10(14)4-6-11/h3-6,12H,2,7-9,15H2,1H3/t12-,13+/m0/s1. The largest absolute Gasteiger partial charge is 0.381 e. The molecule has 4 nitrogen and oxygen atoms in total. The molecule has 1 aromatic rings. The molecule has 0 aromatic heterocycles. The molecule has 106 valence electrons. The second-order valence-electron chi connectivity index (χ2n) is 4.90. The summed E-state index contributed by atoms with van der Waals surface area (Å²) in [7, 11) is -3.35. The van der Waals surface area contributed by atoms with Crippen LogP contribution < -0.4 is 5.73 Å². The predicted octanol–water partition coefficient (Wildman–Crippen LogP) is 1.87. The SMILES string of the molecule is CCOC[C@]1(CN)C[C@@H]1S(=O)(=O)c1ccc(Cl)cc1. The van der Waals surface area contributed by atoms with E-state index in [0.717, 1.165) is 0 Å². The van der Waals surface area contributed by atoms with Gasteiger partial charge in [0.15, 0.2) is 9.84 Å². The van der Waals surface area contributed by atoms with E-state index in [1.165, 1.54) is 12.1 Å². The number of hydrogen-bond donors (Lipinski definition) is 1.